The van der Waals surface area contributed by atoms with Gasteiger partial charge in [0.2, 0.25) is 0 Å². The van der Waals surface area contributed by atoms with E-state index >= 15 is 0 Å². The Kier molecular flexibility index (Phi) is 3.81. The number of benzene rings is 1. The standard InChI is InChI=1S/C13H16FNO3/c1-8(15-2)10-4-3-9(14)7-12(10)18-11-5-6-17-13(11)16/h3-4,7-8,11,15H,5-6H2,1-2H3. The van der Waals surface area contributed by atoms with Crippen molar-refractivity contribution in [1.82, 2.24) is 5.32 Å². The van der Waals surface area contributed by atoms with Crippen molar-refractivity contribution in [2.45, 2.75) is 25.5 Å². The summed E-state index contributed by atoms with van der Waals surface area (Å²) in [6.45, 7) is 2.29. The molecule has 0 saturated carbocycles. The number of hydrogen-bond donors (Lipinski definition) is 1. The van der Waals surface area contributed by atoms with E-state index in [1.54, 1.807) is 6.07 Å². The Labute approximate surface area is 105 Å². The van der Waals surface area contributed by atoms with Crippen LogP contribution in [0.4, 0.5) is 4.39 Å². The van der Waals surface area contributed by atoms with E-state index in [-0.39, 0.29) is 17.8 Å². The number of hydrogen-bond acceptors (Lipinski definition) is 4. The van der Waals surface area contributed by atoms with E-state index in [2.05, 4.69) is 5.32 Å². The van der Waals surface area contributed by atoms with Crippen LogP contribution in [0.5, 0.6) is 5.75 Å². The molecule has 1 fully saturated rings. The molecule has 2 atom stereocenters. The van der Waals surface area contributed by atoms with Crippen molar-refractivity contribution in [2.24, 2.45) is 0 Å². The van der Waals surface area contributed by atoms with E-state index in [0.29, 0.717) is 18.8 Å². The molecule has 2 unspecified atom stereocenters. The van der Waals surface area contributed by atoms with Crippen LogP contribution < -0.4 is 10.1 Å². The lowest BCUT2D eigenvalue weighted by Crippen LogP contribution is -2.23. The summed E-state index contributed by atoms with van der Waals surface area (Å²) in [6, 6.07) is 4.35. The molecule has 1 aromatic rings. The summed E-state index contributed by atoms with van der Waals surface area (Å²) in [5.41, 5.74) is 0.818. The molecule has 0 amide bonds. The second kappa shape index (κ2) is 5.35. The van der Waals surface area contributed by atoms with E-state index in [1.807, 2.05) is 14.0 Å². The lowest BCUT2D eigenvalue weighted by Gasteiger charge is -2.18. The Morgan fingerprint density at radius 2 is 2.33 bits per heavy atom. The number of nitrogens with one attached hydrogen (secondary N) is 1. The van der Waals surface area contributed by atoms with E-state index < -0.39 is 6.10 Å². The molecule has 1 aliphatic heterocycles. The van der Waals surface area contributed by atoms with Crippen molar-refractivity contribution < 1.29 is 18.7 Å². The second-order valence-electron chi connectivity index (χ2n) is 4.26. The van der Waals surface area contributed by atoms with E-state index in [9.17, 15) is 9.18 Å². The normalized spacial score (nSPS) is 20.6. The third kappa shape index (κ3) is 2.61. The molecule has 1 aliphatic rings. The van der Waals surface area contributed by atoms with Crippen LogP contribution in [0, 0.1) is 5.82 Å². The van der Waals surface area contributed by atoms with Crippen molar-refractivity contribution >= 4 is 5.97 Å². The minimum Gasteiger partial charge on any atom is -0.478 e. The zero-order valence-electron chi connectivity index (χ0n) is 10.4. The first-order chi connectivity index (χ1) is 8.61. The SMILES string of the molecule is CNC(C)c1ccc(F)cc1OC1CCOC1=O. The van der Waals surface area contributed by atoms with Gasteiger partial charge in [0, 0.05) is 24.1 Å². The predicted octanol–water partition coefficient (Wildman–Crippen LogP) is 1.80. The summed E-state index contributed by atoms with van der Waals surface area (Å²) in [4.78, 5) is 11.4. The van der Waals surface area contributed by atoms with Gasteiger partial charge in [0.15, 0.2) is 6.10 Å². The van der Waals surface area contributed by atoms with Gasteiger partial charge in [0.25, 0.3) is 0 Å². The van der Waals surface area contributed by atoms with E-state index in [0.717, 1.165) is 5.56 Å². The number of halogens is 1. The van der Waals surface area contributed by atoms with Crippen LogP contribution in [-0.2, 0) is 9.53 Å². The summed E-state index contributed by atoms with van der Waals surface area (Å²) >= 11 is 0. The zero-order valence-corrected chi connectivity index (χ0v) is 10.4. The van der Waals surface area contributed by atoms with Gasteiger partial charge in [0.05, 0.1) is 6.61 Å². The molecular weight excluding hydrogens is 237 g/mol. The van der Waals surface area contributed by atoms with Crippen LogP contribution in [0.25, 0.3) is 0 Å². The van der Waals surface area contributed by atoms with Gasteiger partial charge in [-0.15, -0.1) is 0 Å². The fourth-order valence-electron chi connectivity index (χ4n) is 1.86. The van der Waals surface area contributed by atoms with Crippen LogP contribution in [0.1, 0.15) is 24.9 Å². The highest BCUT2D eigenvalue weighted by Crippen LogP contribution is 2.28. The maximum atomic E-state index is 13.3. The first-order valence-corrected chi connectivity index (χ1v) is 5.92. The van der Waals surface area contributed by atoms with Gasteiger partial charge in [-0.2, -0.15) is 0 Å². The molecule has 98 valence electrons. The monoisotopic (exact) mass is 253 g/mol. The first kappa shape index (κ1) is 12.8. The Morgan fingerprint density at radius 3 is 2.94 bits per heavy atom. The number of esters is 1. The second-order valence-corrected chi connectivity index (χ2v) is 4.26. The molecule has 0 aliphatic carbocycles. The molecule has 0 radical (unpaired) electrons. The number of ether oxygens (including phenoxy) is 2. The summed E-state index contributed by atoms with van der Waals surface area (Å²) in [5, 5.41) is 3.06. The third-order valence-electron chi connectivity index (χ3n) is 3.03. The van der Waals surface area contributed by atoms with Crippen LogP contribution >= 0.6 is 0 Å². The Balaban J connectivity index is 2.24. The highest BCUT2D eigenvalue weighted by atomic mass is 19.1. The molecule has 18 heavy (non-hydrogen) atoms. The topological polar surface area (TPSA) is 47.6 Å². The maximum absolute atomic E-state index is 13.3. The molecule has 4 nitrogen and oxygen atoms in total. The Morgan fingerprint density at radius 1 is 1.56 bits per heavy atom. The Hall–Kier alpha value is -1.62. The van der Waals surface area contributed by atoms with Crippen molar-refractivity contribution in [2.75, 3.05) is 13.7 Å². The van der Waals surface area contributed by atoms with Crippen molar-refractivity contribution in [3.8, 4) is 5.75 Å². The minimum atomic E-state index is -0.630. The molecule has 1 N–H and O–H groups in total. The molecule has 1 saturated heterocycles. The predicted molar refractivity (Wildman–Crippen MR) is 63.9 cm³/mol. The van der Waals surface area contributed by atoms with Gasteiger partial charge >= 0.3 is 5.97 Å². The van der Waals surface area contributed by atoms with Gasteiger partial charge in [0.1, 0.15) is 11.6 Å². The van der Waals surface area contributed by atoms with Crippen molar-refractivity contribution in [3.05, 3.63) is 29.6 Å². The van der Waals surface area contributed by atoms with Crippen LogP contribution in [0.15, 0.2) is 18.2 Å². The average Bonchev–Trinajstić information content (AvgIpc) is 2.74. The minimum absolute atomic E-state index is 0.0121. The third-order valence-corrected chi connectivity index (χ3v) is 3.03. The summed E-state index contributed by atoms with van der Waals surface area (Å²) in [6.07, 6.45) is -0.127. The maximum Gasteiger partial charge on any atom is 0.347 e. The lowest BCUT2D eigenvalue weighted by atomic mass is 10.1. The number of carbonyl (C=O) groups is 1. The van der Waals surface area contributed by atoms with E-state index in [1.165, 1.54) is 12.1 Å². The van der Waals surface area contributed by atoms with Gasteiger partial charge in [-0.1, -0.05) is 6.07 Å². The molecular formula is C13H16FNO3. The summed E-state index contributed by atoms with van der Waals surface area (Å²) in [5.74, 6) is -0.383. The zero-order chi connectivity index (χ0) is 13.1. The molecule has 2 rings (SSSR count). The fourth-order valence-corrected chi connectivity index (χ4v) is 1.86. The number of rotatable bonds is 4. The summed E-state index contributed by atoms with van der Waals surface area (Å²) in [7, 11) is 1.81. The van der Waals surface area contributed by atoms with Crippen LogP contribution in [0.3, 0.4) is 0 Å². The van der Waals surface area contributed by atoms with Crippen LogP contribution in [-0.4, -0.2) is 25.7 Å². The van der Waals surface area contributed by atoms with E-state index in [4.69, 9.17) is 9.47 Å². The highest BCUT2D eigenvalue weighted by Gasteiger charge is 2.29. The molecule has 5 heteroatoms. The fraction of sp³-hybridized carbons (Fsp3) is 0.462. The Bertz CT molecular complexity index is 450. The number of cyclic esters (lactones) is 1. The average molecular weight is 253 g/mol. The molecule has 0 bridgehead atoms. The number of carbonyl (C=O) groups excluding carboxylic acids is 1. The quantitative estimate of drug-likeness (QED) is 0.831. The molecule has 1 heterocycles. The van der Waals surface area contributed by atoms with Gasteiger partial charge in [-0.05, 0) is 20.0 Å². The first-order valence-electron chi connectivity index (χ1n) is 5.92. The smallest absolute Gasteiger partial charge is 0.347 e. The largest absolute Gasteiger partial charge is 0.478 e. The molecule has 1 aromatic carbocycles. The highest BCUT2D eigenvalue weighted by molar-refractivity contribution is 5.76. The van der Waals surface area contributed by atoms with Gasteiger partial charge in [-0.3, -0.25) is 0 Å². The molecule has 0 spiro atoms. The van der Waals surface area contributed by atoms with Crippen LogP contribution in [0.2, 0.25) is 0 Å². The van der Waals surface area contributed by atoms with Gasteiger partial charge in [-0.25, -0.2) is 9.18 Å². The van der Waals surface area contributed by atoms with Crippen molar-refractivity contribution in [3.63, 3.8) is 0 Å². The van der Waals surface area contributed by atoms with Gasteiger partial charge < -0.3 is 14.8 Å². The lowest BCUT2D eigenvalue weighted by molar-refractivity contribution is -0.143. The van der Waals surface area contributed by atoms with Crippen molar-refractivity contribution in [1.29, 1.82) is 0 Å². The molecule has 0 aromatic heterocycles. The summed E-state index contributed by atoms with van der Waals surface area (Å²) < 4.78 is 23.7.